The van der Waals surface area contributed by atoms with Crippen LogP contribution in [0.25, 0.3) is 0 Å². The summed E-state index contributed by atoms with van der Waals surface area (Å²) in [7, 11) is 0. The first kappa shape index (κ1) is 13.9. The Morgan fingerprint density at radius 2 is 2.33 bits per heavy atom. The van der Waals surface area contributed by atoms with Crippen LogP contribution in [0.2, 0.25) is 0 Å². The van der Waals surface area contributed by atoms with E-state index in [1.807, 2.05) is 32.9 Å². The molecule has 2 heterocycles. The van der Waals surface area contributed by atoms with Crippen LogP contribution in [0.15, 0.2) is 22.8 Å². The summed E-state index contributed by atoms with van der Waals surface area (Å²) in [6, 6.07) is 3.70. The number of amides is 1. The minimum Gasteiger partial charge on any atom is -0.469 e. The number of rotatable bonds is 3. The van der Waals surface area contributed by atoms with Crippen molar-refractivity contribution in [1.82, 2.24) is 15.1 Å². The molecule has 1 aliphatic carbocycles. The van der Waals surface area contributed by atoms with Crippen LogP contribution in [-0.2, 0) is 11.2 Å². The van der Waals surface area contributed by atoms with Crippen LogP contribution in [0, 0.1) is 13.8 Å². The number of furan rings is 1. The lowest BCUT2D eigenvalue weighted by Gasteiger charge is -2.24. The van der Waals surface area contributed by atoms with E-state index in [1.54, 1.807) is 10.9 Å². The van der Waals surface area contributed by atoms with Crippen molar-refractivity contribution in [1.29, 1.82) is 0 Å². The summed E-state index contributed by atoms with van der Waals surface area (Å²) in [5.41, 5.74) is 3.06. The summed E-state index contributed by atoms with van der Waals surface area (Å²) >= 11 is 0. The van der Waals surface area contributed by atoms with E-state index in [1.165, 1.54) is 0 Å². The molecule has 2 aromatic rings. The fraction of sp³-hybridized carbons (Fsp3) is 0.500. The lowest BCUT2D eigenvalue weighted by atomic mass is 9.93. The molecular weight excluding hydrogens is 266 g/mol. The fourth-order valence-corrected chi connectivity index (χ4v) is 3.08. The minimum atomic E-state index is -0.309. The molecule has 2 unspecified atom stereocenters. The molecule has 0 saturated carbocycles. The molecule has 0 aliphatic heterocycles. The molecule has 1 aliphatic rings. The average molecular weight is 287 g/mol. The van der Waals surface area contributed by atoms with Gasteiger partial charge < -0.3 is 9.73 Å². The van der Waals surface area contributed by atoms with Crippen LogP contribution < -0.4 is 5.32 Å². The van der Waals surface area contributed by atoms with Crippen LogP contribution in [0.4, 0.5) is 0 Å². The summed E-state index contributed by atoms with van der Waals surface area (Å²) in [6.07, 6.45) is 4.67. The maximum atomic E-state index is 12.5. The van der Waals surface area contributed by atoms with Gasteiger partial charge in [0.1, 0.15) is 11.8 Å². The first-order chi connectivity index (χ1) is 10.1. The van der Waals surface area contributed by atoms with E-state index in [0.29, 0.717) is 0 Å². The van der Waals surface area contributed by atoms with Crippen LogP contribution in [0.3, 0.4) is 0 Å². The van der Waals surface area contributed by atoms with Crippen molar-refractivity contribution < 1.29 is 9.21 Å². The van der Waals surface area contributed by atoms with Crippen molar-refractivity contribution >= 4 is 5.91 Å². The Morgan fingerprint density at radius 1 is 1.52 bits per heavy atom. The molecule has 0 bridgehead atoms. The third-order valence-corrected chi connectivity index (χ3v) is 4.16. The third kappa shape index (κ3) is 2.60. The first-order valence-electron chi connectivity index (χ1n) is 7.45. The Bertz CT molecular complexity index is 656. The van der Waals surface area contributed by atoms with E-state index in [9.17, 15) is 4.79 Å². The van der Waals surface area contributed by atoms with Crippen molar-refractivity contribution in [2.75, 3.05) is 0 Å². The molecule has 0 radical (unpaired) electrons. The molecule has 0 saturated heterocycles. The molecule has 2 atom stereocenters. The van der Waals surface area contributed by atoms with Crippen molar-refractivity contribution in [3.05, 3.63) is 41.1 Å². The number of aryl methyl sites for hydroxylation is 3. The van der Waals surface area contributed by atoms with E-state index in [0.717, 1.165) is 42.0 Å². The number of carbonyl (C=O) groups is 1. The SMILES string of the molecule is Cc1cc(C)n(C(C)C(=O)NC2CCCc3occc32)n1. The predicted octanol–water partition coefficient (Wildman–Crippen LogP) is 2.85. The Morgan fingerprint density at radius 3 is 3.05 bits per heavy atom. The number of aromatic nitrogens is 2. The Balaban J connectivity index is 1.74. The molecule has 2 aromatic heterocycles. The molecule has 0 fully saturated rings. The minimum absolute atomic E-state index is 0.000231. The molecular formula is C16H21N3O2. The van der Waals surface area contributed by atoms with Gasteiger partial charge in [-0.25, -0.2) is 0 Å². The molecule has 5 heteroatoms. The summed E-state index contributed by atoms with van der Waals surface area (Å²) < 4.78 is 7.25. The molecule has 5 nitrogen and oxygen atoms in total. The van der Waals surface area contributed by atoms with Crippen LogP contribution in [-0.4, -0.2) is 15.7 Å². The first-order valence-corrected chi connectivity index (χ1v) is 7.45. The van der Waals surface area contributed by atoms with Gasteiger partial charge in [0.05, 0.1) is 18.0 Å². The molecule has 1 amide bonds. The fourth-order valence-electron chi connectivity index (χ4n) is 3.08. The smallest absolute Gasteiger partial charge is 0.245 e. The quantitative estimate of drug-likeness (QED) is 0.944. The zero-order chi connectivity index (χ0) is 15.0. The predicted molar refractivity (Wildman–Crippen MR) is 78.9 cm³/mol. The Hall–Kier alpha value is -2.04. The topological polar surface area (TPSA) is 60.1 Å². The zero-order valence-electron chi connectivity index (χ0n) is 12.7. The molecule has 0 spiro atoms. The zero-order valence-corrected chi connectivity index (χ0v) is 12.7. The molecule has 1 N–H and O–H groups in total. The van der Waals surface area contributed by atoms with Gasteiger partial charge in [0, 0.05) is 17.7 Å². The van der Waals surface area contributed by atoms with Crippen LogP contribution in [0.1, 0.15) is 54.6 Å². The highest BCUT2D eigenvalue weighted by molar-refractivity contribution is 5.80. The number of fused-ring (bicyclic) bond motifs is 1. The van der Waals surface area contributed by atoms with Crippen LogP contribution in [0.5, 0.6) is 0 Å². The monoisotopic (exact) mass is 287 g/mol. The van der Waals surface area contributed by atoms with Crippen molar-refractivity contribution in [3.63, 3.8) is 0 Å². The second-order valence-corrected chi connectivity index (χ2v) is 5.80. The normalized spacial score (nSPS) is 19.1. The van der Waals surface area contributed by atoms with Gasteiger partial charge in [-0.2, -0.15) is 5.10 Å². The standard InChI is InChI=1S/C16H21N3O2/c1-10-9-11(2)19(18-10)12(3)16(20)17-14-5-4-6-15-13(14)7-8-21-15/h7-9,12,14H,4-6H2,1-3H3,(H,17,20). The second kappa shape index (κ2) is 5.39. The molecule has 21 heavy (non-hydrogen) atoms. The van der Waals surface area contributed by atoms with E-state index >= 15 is 0 Å². The average Bonchev–Trinajstić information content (AvgIpc) is 3.04. The van der Waals surface area contributed by atoms with Gasteiger partial charge in [0.15, 0.2) is 0 Å². The maximum Gasteiger partial charge on any atom is 0.245 e. The number of nitrogens with zero attached hydrogens (tertiary/aromatic N) is 2. The maximum absolute atomic E-state index is 12.5. The van der Waals surface area contributed by atoms with Crippen LogP contribution >= 0.6 is 0 Å². The number of nitrogens with one attached hydrogen (secondary N) is 1. The molecule has 112 valence electrons. The summed E-state index contributed by atoms with van der Waals surface area (Å²) in [6.45, 7) is 5.79. The highest BCUT2D eigenvalue weighted by Gasteiger charge is 2.26. The summed E-state index contributed by atoms with van der Waals surface area (Å²) in [5.74, 6) is 1.01. The van der Waals surface area contributed by atoms with Gasteiger partial charge in [0.25, 0.3) is 0 Å². The number of carbonyl (C=O) groups excluding carboxylic acids is 1. The van der Waals surface area contributed by atoms with Crippen molar-refractivity contribution in [3.8, 4) is 0 Å². The van der Waals surface area contributed by atoms with E-state index in [-0.39, 0.29) is 18.0 Å². The van der Waals surface area contributed by atoms with E-state index in [4.69, 9.17) is 4.42 Å². The summed E-state index contributed by atoms with van der Waals surface area (Å²) in [5, 5.41) is 7.53. The van der Waals surface area contributed by atoms with Crippen molar-refractivity contribution in [2.24, 2.45) is 0 Å². The van der Waals surface area contributed by atoms with Gasteiger partial charge in [-0.1, -0.05) is 0 Å². The number of hydrogen-bond donors (Lipinski definition) is 1. The van der Waals surface area contributed by atoms with Gasteiger partial charge >= 0.3 is 0 Å². The summed E-state index contributed by atoms with van der Waals surface area (Å²) in [4.78, 5) is 12.5. The van der Waals surface area contributed by atoms with Gasteiger partial charge in [-0.3, -0.25) is 9.48 Å². The number of hydrogen-bond acceptors (Lipinski definition) is 3. The lowest BCUT2D eigenvalue weighted by molar-refractivity contribution is -0.125. The second-order valence-electron chi connectivity index (χ2n) is 5.80. The molecule has 3 rings (SSSR count). The lowest BCUT2D eigenvalue weighted by Crippen LogP contribution is -2.36. The van der Waals surface area contributed by atoms with Gasteiger partial charge in [-0.05, 0) is 45.7 Å². The van der Waals surface area contributed by atoms with Crippen molar-refractivity contribution in [2.45, 2.75) is 52.1 Å². The highest BCUT2D eigenvalue weighted by Crippen LogP contribution is 2.30. The Kier molecular flexibility index (Phi) is 3.57. The third-order valence-electron chi connectivity index (χ3n) is 4.16. The van der Waals surface area contributed by atoms with E-state index in [2.05, 4.69) is 10.4 Å². The van der Waals surface area contributed by atoms with E-state index < -0.39 is 0 Å². The van der Waals surface area contributed by atoms with Gasteiger partial charge in [0.2, 0.25) is 5.91 Å². The largest absolute Gasteiger partial charge is 0.469 e. The Labute approximate surface area is 124 Å². The molecule has 0 aromatic carbocycles. The highest BCUT2D eigenvalue weighted by atomic mass is 16.3. The van der Waals surface area contributed by atoms with Gasteiger partial charge in [-0.15, -0.1) is 0 Å².